The molecule has 1 aliphatic rings. The number of hydrogen-bond donors (Lipinski definition) is 2. The summed E-state index contributed by atoms with van der Waals surface area (Å²) in [6.07, 6.45) is 1.65. The van der Waals surface area contributed by atoms with Crippen molar-refractivity contribution >= 4 is 33.2 Å². The molecule has 2 aromatic rings. The number of carbonyl (C=O) groups is 1. The van der Waals surface area contributed by atoms with Gasteiger partial charge in [-0.2, -0.15) is 0 Å². The van der Waals surface area contributed by atoms with Crippen molar-refractivity contribution < 1.29 is 22.7 Å². The smallest absolute Gasteiger partial charge is 0.259 e. The molecule has 27 heavy (non-hydrogen) atoms. The zero-order chi connectivity index (χ0) is 19.6. The van der Waals surface area contributed by atoms with Gasteiger partial charge in [0.15, 0.2) is 0 Å². The first-order valence-electron chi connectivity index (χ1n) is 8.19. The van der Waals surface area contributed by atoms with E-state index in [0.717, 1.165) is 12.8 Å². The highest BCUT2D eigenvalue weighted by atomic mass is 35.5. The fraction of sp³-hybridized carbons (Fsp3) is 0.278. The standard InChI is InChI=1S/C18H19ClN2O5S/c1-25-16-7-3-11(19)9-14(16)18(22)20-15-10-13(6-8-17(15)26-2)27(23,24)21-12-4-5-12/h3,6-10,12,21H,4-5H2,1-2H3,(H,20,22). The third-order valence-corrected chi connectivity index (χ3v) is 5.79. The second-order valence-electron chi connectivity index (χ2n) is 6.06. The summed E-state index contributed by atoms with van der Waals surface area (Å²) < 4.78 is 37.9. The number of ether oxygens (including phenoxy) is 2. The lowest BCUT2D eigenvalue weighted by Crippen LogP contribution is -2.26. The topological polar surface area (TPSA) is 93.7 Å². The van der Waals surface area contributed by atoms with Crippen LogP contribution in [0.4, 0.5) is 5.69 Å². The van der Waals surface area contributed by atoms with Crippen molar-refractivity contribution in [1.82, 2.24) is 4.72 Å². The Labute approximate surface area is 162 Å². The van der Waals surface area contributed by atoms with Crippen LogP contribution in [0.5, 0.6) is 11.5 Å². The lowest BCUT2D eigenvalue weighted by molar-refractivity contribution is 0.102. The molecule has 1 aliphatic carbocycles. The highest BCUT2D eigenvalue weighted by Gasteiger charge is 2.28. The fourth-order valence-electron chi connectivity index (χ4n) is 2.49. The summed E-state index contributed by atoms with van der Waals surface area (Å²) in [5.74, 6) is 0.169. The molecule has 0 aliphatic heterocycles. The van der Waals surface area contributed by atoms with Crippen LogP contribution >= 0.6 is 11.6 Å². The molecular weight excluding hydrogens is 392 g/mol. The quantitative estimate of drug-likeness (QED) is 0.731. The molecule has 7 nitrogen and oxygen atoms in total. The molecule has 0 heterocycles. The Morgan fingerprint density at radius 3 is 2.37 bits per heavy atom. The Morgan fingerprint density at radius 1 is 1.07 bits per heavy atom. The van der Waals surface area contributed by atoms with Gasteiger partial charge in [-0.3, -0.25) is 4.79 Å². The van der Waals surface area contributed by atoms with Crippen LogP contribution in [-0.4, -0.2) is 34.6 Å². The van der Waals surface area contributed by atoms with Gasteiger partial charge >= 0.3 is 0 Å². The largest absolute Gasteiger partial charge is 0.496 e. The van der Waals surface area contributed by atoms with Crippen LogP contribution < -0.4 is 19.5 Å². The summed E-state index contributed by atoms with van der Waals surface area (Å²) in [6.45, 7) is 0. The van der Waals surface area contributed by atoms with E-state index in [1.807, 2.05) is 0 Å². The van der Waals surface area contributed by atoms with Gasteiger partial charge in [-0.05, 0) is 49.2 Å². The van der Waals surface area contributed by atoms with Crippen LogP contribution in [0.15, 0.2) is 41.3 Å². The minimum Gasteiger partial charge on any atom is -0.496 e. The number of hydrogen-bond acceptors (Lipinski definition) is 5. The van der Waals surface area contributed by atoms with Crippen LogP contribution in [0.1, 0.15) is 23.2 Å². The van der Waals surface area contributed by atoms with Gasteiger partial charge < -0.3 is 14.8 Å². The van der Waals surface area contributed by atoms with Gasteiger partial charge in [0.1, 0.15) is 11.5 Å². The monoisotopic (exact) mass is 410 g/mol. The number of nitrogens with one attached hydrogen (secondary N) is 2. The van der Waals surface area contributed by atoms with E-state index in [-0.39, 0.29) is 22.2 Å². The molecule has 1 amide bonds. The predicted octanol–water partition coefficient (Wildman–Crippen LogP) is 3.05. The number of anilines is 1. The zero-order valence-electron chi connectivity index (χ0n) is 14.8. The van der Waals surface area contributed by atoms with Crippen molar-refractivity contribution in [1.29, 1.82) is 0 Å². The molecule has 0 radical (unpaired) electrons. The average molecular weight is 411 g/mol. The third-order valence-electron chi connectivity index (χ3n) is 4.03. The highest BCUT2D eigenvalue weighted by Crippen LogP contribution is 2.31. The number of carbonyl (C=O) groups excluding carboxylic acids is 1. The normalized spacial score (nSPS) is 13.9. The van der Waals surface area contributed by atoms with Crippen LogP contribution in [0, 0.1) is 0 Å². The number of halogens is 1. The van der Waals surface area contributed by atoms with Gasteiger partial charge in [-0.25, -0.2) is 13.1 Å². The molecule has 0 aromatic heterocycles. The van der Waals surface area contributed by atoms with Crippen molar-refractivity contribution in [3.05, 3.63) is 47.0 Å². The summed E-state index contributed by atoms with van der Waals surface area (Å²) in [6, 6.07) is 8.91. The lowest BCUT2D eigenvalue weighted by atomic mass is 10.1. The first kappa shape index (κ1) is 19.5. The van der Waals surface area contributed by atoms with E-state index in [1.54, 1.807) is 12.1 Å². The molecule has 0 unspecified atom stereocenters. The van der Waals surface area contributed by atoms with Crippen molar-refractivity contribution in [2.24, 2.45) is 0 Å². The minimum absolute atomic E-state index is 0.0223. The molecule has 0 spiro atoms. The number of rotatable bonds is 7. The third kappa shape index (κ3) is 4.52. The van der Waals surface area contributed by atoms with E-state index in [4.69, 9.17) is 21.1 Å². The van der Waals surface area contributed by atoms with E-state index in [2.05, 4.69) is 10.0 Å². The first-order valence-corrected chi connectivity index (χ1v) is 10.1. The molecular formula is C18H19ClN2O5S. The first-order chi connectivity index (χ1) is 12.8. The van der Waals surface area contributed by atoms with E-state index in [1.165, 1.54) is 38.5 Å². The van der Waals surface area contributed by atoms with Gasteiger partial charge in [0.2, 0.25) is 10.0 Å². The van der Waals surface area contributed by atoms with Crippen LogP contribution in [0.25, 0.3) is 0 Å². The molecule has 0 saturated heterocycles. The number of amides is 1. The molecule has 9 heteroatoms. The van der Waals surface area contributed by atoms with Crippen molar-refractivity contribution in [2.75, 3.05) is 19.5 Å². The molecule has 2 aromatic carbocycles. The van der Waals surface area contributed by atoms with Crippen LogP contribution in [-0.2, 0) is 10.0 Å². The Morgan fingerprint density at radius 2 is 1.74 bits per heavy atom. The Bertz CT molecular complexity index is 974. The SMILES string of the molecule is COc1ccc(S(=O)(=O)NC2CC2)cc1NC(=O)c1cc(Cl)ccc1OC. The Hall–Kier alpha value is -2.29. The lowest BCUT2D eigenvalue weighted by Gasteiger charge is -2.14. The maximum absolute atomic E-state index is 12.7. The van der Waals surface area contributed by atoms with Gasteiger partial charge in [-0.15, -0.1) is 0 Å². The summed E-state index contributed by atoms with van der Waals surface area (Å²) in [5, 5.41) is 3.04. The summed E-state index contributed by atoms with van der Waals surface area (Å²) in [5.41, 5.74) is 0.444. The van der Waals surface area contributed by atoms with E-state index in [0.29, 0.717) is 16.5 Å². The molecule has 0 bridgehead atoms. The molecule has 3 rings (SSSR count). The maximum atomic E-state index is 12.7. The van der Waals surface area contributed by atoms with Crippen molar-refractivity contribution in [3.63, 3.8) is 0 Å². The molecule has 1 fully saturated rings. The van der Waals surface area contributed by atoms with E-state index >= 15 is 0 Å². The summed E-state index contributed by atoms with van der Waals surface area (Å²) in [4.78, 5) is 12.7. The highest BCUT2D eigenvalue weighted by molar-refractivity contribution is 7.89. The molecule has 0 atom stereocenters. The van der Waals surface area contributed by atoms with Gasteiger partial charge in [-0.1, -0.05) is 11.6 Å². The Balaban J connectivity index is 1.92. The fourth-order valence-corrected chi connectivity index (χ4v) is 3.99. The summed E-state index contributed by atoms with van der Waals surface area (Å²) >= 11 is 5.97. The maximum Gasteiger partial charge on any atom is 0.259 e. The van der Waals surface area contributed by atoms with Gasteiger partial charge in [0.25, 0.3) is 5.91 Å². The van der Waals surface area contributed by atoms with E-state index in [9.17, 15) is 13.2 Å². The number of sulfonamides is 1. The number of methoxy groups -OCH3 is 2. The second kappa shape index (κ2) is 7.75. The van der Waals surface area contributed by atoms with Gasteiger partial charge in [0, 0.05) is 11.1 Å². The Kier molecular flexibility index (Phi) is 5.59. The number of benzene rings is 2. The van der Waals surface area contributed by atoms with Gasteiger partial charge in [0.05, 0.1) is 30.4 Å². The van der Waals surface area contributed by atoms with E-state index < -0.39 is 15.9 Å². The molecule has 144 valence electrons. The molecule has 1 saturated carbocycles. The second-order valence-corrected chi connectivity index (χ2v) is 8.21. The zero-order valence-corrected chi connectivity index (χ0v) is 16.4. The minimum atomic E-state index is -3.67. The van der Waals surface area contributed by atoms with Crippen LogP contribution in [0.3, 0.4) is 0 Å². The van der Waals surface area contributed by atoms with Crippen LogP contribution in [0.2, 0.25) is 5.02 Å². The molecule has 2 N–H and O–H groups in total. The predicted molar refractivity (Wildman–Crippen MR) is 102 cm³/mol. The van der Waals surface area contributed by atoms with Crippen molar-refractivity contribution in [3.8, 4) is 11.5 Å². The summed E-state index contributed by atoms with van der Waals surface area (Å²) in [7, 11) is -0.793. The average Bonchev–Trinajstić information content (AvgIpc) is 3.44. The van der Waals surface area contributed by atoms with Crippen molar-refractivity contribution in [2.45, 2.75) is 23.8 Å².